The average Bonchev–Trinajstić information content (AvgIpc) is 3.07. The van der Waals surface area contributed by atoms with Gasteiger partial charge in [-0.3, -0.25) is 4.79 Å². The number of anilines is 2. The van der Waals surface area contributed by atoms with Gasteiger partial charge in [-0.25, -0.2) is 0 Å². The van der Waals surface area contributed by atoms with Crippen molar-refractivity contribution in [2.45, 2.75) is 58.8 Å². The quantitative estimate of drug-likeness (QED) is 0.911. The molecule has 138 valence electrons. The molecule has 0 spiro atoms. The zero-order chi connectivity index (χ0) is 18.0. The summed E-state index contributed by atoms with van der Waals surface area (Å²) in [6, 6.07) is 6.19. The number of nitrogens with one attached hydrogen (secondary N) is 1. The van der Waals surface area contributed by atoms with Gasteiger partial charge in [-0.1, -0.05) is 0 Å². The Labute approximate surface area is 151 Å². The number of rotatable bonds is 4. The van der Waals surface area contributed by atoms with Crippen molar-refractivity contribution in [1.82, 2.24) is 4.90 Å². The molecule has 3 rings (SSSR count). The van der Waals surface area contributed by atoms with E-state index in [0.29, 0.717) is 13.1 Å². The predicted octanol–water partition coefficient (Wildman–Crippen LogP) is 3.03. The lowest BCUT2D eigenvalue weighted by molar-refractivity contribution is -0.143. The number of amides is 1. The number of benzene rings is 1. The summed E-state index contributed by atoms with van der Waals surface area (Å²) in [5.41, 5.74) is 3.59. The summed E-state index contributed by atoms with van der Waals surface area (Å²) in [6.07, 6.45) is 2.76. The number of hydrogen-bond donors (Lipinski definition) is 1. The average molecular weight is 345 g/mol. The molecule has 0 aliphatic carbocycles. The molecule has 2 aliphatic heterocycles. The Hall–Kier alpha value is -1.75. The molecule has 0 saturated carbocycles. The van der Waals surface area contributed by atoms with Gasteiger partial charge in [-0.2, -0.15) is 0 Å². The van der Waals surface area contributed by atoms with Crippen molar-refractivity contribution >= 4 is 17.3 Å². The number of carbonyl (C=O) groups excluding carboxylic acids is 1. The number of ether oxygens (including phenoxy) is 1. The lowest BCUT2D eigenvalue weighted by Gasteiger charge is -2.36. The largest absolute Gasteiger partial charge is 0.374 e. The molecule has 0 unspecified atom stereocenters. The van der Waals surface area contributed by atoms with E-state index in [2.05, 4.69) is 35.3 Å². The Morgan fingerprint density at radius 2 is 1.84 bits per heavy atom. The van der Waals surface area contributed by atoms with E-state index < -0.39 is 0 Å². The smallest absolute Gasteiger partial charge is 0.244 e. The van der Waals surface area contributed by atoms with Crippen LogP contribution >= 0.6 is 0 Å². The Bertz CT molecular complexity index is 603. The topological polar surface area (TPSA) is 44.8 Å². The van der Waals surface area contributed by atoms with E-state index in [1.807, 2.05) is 25.7 Å². The van der Waals surface area contributed by atoms with Crippen LogP contribution in [0.5, 0.6) is 0 Å². The van der Waals surface area contributed by atoms with Crippen LogP contribution in [-0.4, -0.2) is 55.2 Å². The summed E-state index contributed by atoms with van der Waals surface area (Å²) >= 11 is 0. The summed E-state index contributed by atoms with van der Waals surface area (Å²) in [6.45, 7) is 11.8. The monoisotopic (exact) mass is 345 g/mol. The van der Waals surface area contributed by atoms with E-state index in [1.54, 1.807) is 0 Å². The zero-order valence-corrected chi connectivity index (χ0v) is 15.9. The first-order chi connectivity index (χ1) is 11.9. The lowest BCUT2D eigenvalue weighted by atomic mass is 10.1. The van der Waals surface area contributed by atoms with Gasteiger partial charge in [0.15, 0.2) is 0 Å². The van der Waals surface area contributed by atoms with E-state index >= 15 is 0 Å². The lowest BCUT2D eigenvalue weighted by Crippen LogP contribution is -2.52. The van der Waals surface area contributed by atoms with Gasteiger partial charge < -0.3 is 19.9 Å². The number of nitrogens with zero attached hydrogens (tertiary/aromatic N) is 2. The second kappa shape index (κ2) is 7.65. The highest BCUT2D eigenvalue weighted by molar-refractivity contribution is 5.84. The summed E-state index contributed by atoms with van der Waals surface area (Å²) in [7, 11) is 0. The first-order valence-corrected chi connectivity index (χ1v) is 9.50. The van der Waals surface area contributed by atoms with Crippen molar-refractivity contribution < 1.29 is 9.53 Å². The molecule has 25 heavy (non-hydrogen) atoms. The SMILES string of the molecule is Cc1cc(N[C@H](C)C(=O)N2C[C@@H](C)O[C@H](C)C2)ccc1N1CCCC1. The van der Waals surface area contributed by atoms with E-state index in [-0.39, 0.29) is 24.2 Å². The molecule has 0 aromatic heterocycles. The fourth-order valence-electron chi connectivity index (χ4n) is 4.00. The van der Waals surface area contributed by atoms with Gasteiger partial charge >= 0.3 is 0 Å². The molecule has 3 atom stereocenters. The zero-order valence-electron chi connectivity index (χ0n) is 15.9. The molecular weight excluding hydrogens is 314 g/mol. The summed E-state index contributed by atoms with van der Waals surface area (Å²) in [4.78, 5) is 17.1. The van der Waals surface area contributed by atoms with Crippen LogP contribution in [0.25, 0.3) is 0 Å². The standard InChI is InChI=1S/C20H31N3O2/c1-14-11-18(7-8-19(14)22-9-5-6-10-22)21-17(4)20(24)23-12-15(2)25-16(3)13-23/h7-8,11,15-17,21H,5-6,9-10,12-13H2,1-4H3/t15-,16-,17-/m1/s1. The molecular formula is C20H31N3O2. The van der Waals surface area contributed by atoms with E-state index in [9.17, 15) is 4.79 Å². The minimum atomic E-state index is -0.241. The number of carbonyl (C=O) groups is 1. The van der Waals surface area contributed by atoms with Gasteiger partial charge in [0.2, 0.25) is 5.91 Å². The first kappa shape index (κ1) is 18.1. The van der Waals surface area contributed by atoms with Gasteiger partial charge in [0.1, 0.15) is 6.04 Å². The molecule has 0 radical (unpaired) electrons. The maximum Gasteiger partial charge on any atom is 0.244 e. The Kier molecular flexibility index (Phi) is 5.52. The van der Waals surface area contributed by atoms with Crippen LogP contribution in [0, 0.1) is 6.92 Å². The van der Waals surface area contributed by atoms with Crippen LogP contribution < -0.4 is 10.2 Å². The molecule has 1 N–H and O–H groups in total. The van der Waals surface area contributed by atoms with Crippen molar-refractivity contribution in [1.29, 1.82) is 0 Å². The van der Waals surface area contributed by atoms with Crippen molar-refractivity contribution in [3.8, 4) is 0 Å². The third kappa shape index (κ3) is 4.27. The third-order valence-electron chi connectivity index (χ3n) is 5.13. The van der Waals surface area contributed by atoms with Crippen LogP contribution in [0.3, 0.4) is 0 Å². The fourth-order valence-corrected chi connectivity index (χ4v) is 4.00. The van der Waals surface area contributed by atoms with Gasteiger partial charge in [-0.05, 0) is 64.3 Å². The molecule has 2 aliphatic rings. The molecule has 1 aromatic rings. The number of morpholine rings is 1. The molecule has 2 heterocycles. The summed E-state index contributed by atoms with van der Waals surface area (Å²) in [5.74, 6) is 0.142. The summed E-state index contributed by atoms with van der Waals surface area (Å²) in [5, 5.41) is 3.38. The molecule has 5 heteroatoms. The number of hydrogen-bond acceptors (Lipinski definition) is 4. The van der Waals surface area contributed by atoms with E-state index in [1.165, 1.54) is 24.1 Å². The minimum Gasteiger partial charge on any atom is -0.374 e. The molecule has 5 nitrogen and oxygen atoms in total. The highest BCUT2D eigenvalue weighted by Crippen LogP contribution is 2.27. The van der Waals surface area contributed by atoms with Crippen LogP contribution in [0.15, 0.2) is 18.2 Å². The molecule has 1 aromatic carbocycles. The van der Waals surface area contributed by atoms with Crippen molar-refractivity contribution in [2.24, 2.45) is 0 Å². The second-order valence-corrected chi connectivity index (χ2v) is 7.56. The second-order valence-electron chi connectivity index (χ2n) is 7.56. The Balaban J connectivity index is 1.63. The van der Waals surface area contributed by atoms with Crippen LogP contribution in [-0.2, 0) is 9.53 Å². The normalized spacial score (nSPS) is 25.1. The van der Waals surface area contributed by atoms with Gasteiger partial charge in [0.05, 0.1) is 12.2 Å². The molecule has 0 bridgehead atoms. The third-order valence-corrected chi connectivity index (χ3v) is 5.13. The predicted molar refractivity (Wildman–Crippen MR) is 102 cm³/mol. The van der Waals surface area contributed by atoms with Crippen LogP contribution in [0.4, 0.5) is 11.4 Å². The Morgan fingerprint density at radius 1 is 1.20 bits per heavy atom. The maximum atomic E-state index is 12.8. The van der Waals surface area contributed by atoms with Gasteiger partial charge in [-0.15, -0.1) is 0 Å². The van der Waals surface area contributed by atoms with Crippen LogP contribution in [0.2, 0.25) is 0 Å². The minimum absolute atomic E-state index is 0.0990. The molecule has 1 amide bonds. The first-order valence-electron chi connectivity index (χ1n) is 9.50. The maximum absolute atomic E-state index is 12.8. The van der Waals surface area contributed by atoms with Gasteiger partial charge in [0, 0.05) is 37.6 Å². The molecule has 2 saturated heterocycles. The summed E-state index contributed by atoms with van der Waals surface area (Å²) < 4.78 is 5.72. The highest BCUT2D eigenvalue weighted by atomic mass is 16.5. The van der Waals surface area contributed by atoms with E-state index in [4.69, 9.17) is 4.74 Å². The van der Waals surface area contributed by atoms with Crippen molar-refractivity contribution in [3.63, 3.8) is 0 Å². The number of aryl methyl sites for hydroxylation is 1. The van der Waals surface area contributed by atoms with E-state index in [0.717, 1.165) is 18.8 Å². The Morgan fingerprint density at radius 3 is 2.44 bits per heavy atom. The van der Waals surface area contributed by atoms with Crippen molar-refractivity contribution in [3.05, 3.63) is 23.8 Å². The highest BCUT2D eigenvalue weighted by Gasteiger charge is 2.28. The van der Waals surface area contributed by atoms with Crippen LogP contribution in [0.1, 0.15) is 39.2 Å². The van der Waals surface area contributed by atoms with Gasteiger partial charge in [0.25, 0.3) is 0 Å². The van der Waals surface area contributed by atoms with Crippen molar-refractivity contribution in [2.75, 3.05) is 36.4 Å². The fraction of sp³-hybridized carbons (Fsp3) is 0.650. The molecule has 2 fully saturated rings.